The number of benzene rings is 1. The van der Waals surface area contributed by atoms with Crippen molar-refractivity contribution in [2.45, 2.75) is 58.5 Å². The largest absolute Gasteiger partial charge is 0.315 e. The minimum absolute atomic E-state index is 0.100. The molecule has 21 heavy (non-hydrogen) atoms. The molecule has 0 bridgehead atoms. The molecule has 0 radical (unpaired) electrons. The Hall–Kier alpha value is -0.930. The fourth-order valence-corrected chi connectivity index (χ4v) is 2.48. The maximum absolute atomic E-state index is 13.8. The van der Waals surface area contributed by atoms with E-state index in [1.54, 1.807) is 12.1 Å². The number of hydrogen-bond acceptors (Lipinski definition) is 2. The van der Waals surface area contributed by atoms with E-state index in [2.05, 4.69) is 38.0 Å². The molecule has 0 aliphatic rings. The van der Waals surface area contributed by atoms with Crippen LogP contribution in [-0.4, -0.2) is 31.1 Å². The van der Waals surface area contributed by atoms with E-state index in [1.165, 1.54) is 25.7 Å². The highest BCUT2D eigenvalue weighted by Gasteiger charge is 2.14. The molecule has 1 aromatic carbocycles. The molecule has 0 fully saturated rings. The fraction of sp³-hybridized carbons (Fsp3) is 0.667. The minimum atomic E-state index is -0.100. The van der Waals surface area contributed by atoms with Crippen molar-refractivity contribution in [2.75, 3.05) is 20.1 Å². The van der Waals surface area contributed by atoms with Crippen molar-refractivity contribution in [1.29, 1.82) is 0 Å². The quantitative estimate of drug-likeness (QED) is 0.644. The Bertz CT molecular complexity index is 393. The third-order valence-corrected chi connectivity index (χ3v) is 4.01. The molecule has 3 heteroatoms. The number of halogens is 1. The van der Waals surface area contributed by atoms with Crippen LogP contribution in [0, 0.1) is 5.82 Å². The van der Waals surface area contributed by atoms with Gasteiger partial charge < -0.3 is 5.32 Å². The van der Waals surface area contributed by atoms with E-state index in [9.17, 15) is 4.39 Å². The highest BCUT2D eigenvalue weighted by atomic mass is 19.1. The molecule has 0 aliphatic heterocycles. The Morgan fingerprint density at radius 3 is 2.38 bits per heavy atom. The molecule has 0 saturated carbocycles. The van der Waals surface area contributed by atoms with Gasteiger partial charge in [0.2, 0.25) is 0 Å². The van der Waals surface area contributed by atoms with Crippen molar-refractivity contribution in [2.24, 2.45) is 0 Å². The van der Waals surface area contributed by atoms with Crippen LogP contribution in [0.15, 0.2) is 24.3 Å². The summed E-state index contributed by atoms with van der Waals surface area (Å²) in [5.41, 5.74) is 0.793. The summed E-state index contributed by atoms with van der Waals surface area (Å²) < 4.78 is 13.8. The van der Waals surface area contributed by atoms with Crippen LogP contribution < -0.4 is 5.32 Å². The summed E-state index contributed by atoms with van der Waals surface area (Å²) in [6.07, 6.45) is 4.93. The van der Waals surface area contributed by atoms with Gasteiger partial charge in [0.15, 0.2) is 0 Å². The zero-order valence-corrected chi connectivity index (χ0v) is 14.0. The lowest BCUT2D eigenvalue weighted by atomic mass is 10.1. The van der Waals surface area contributed by atoms with E-state index in [0.29, 0.717) is 6.04 Å². The highest BCUT2D eigenvalue weighted by molar-refractivity contribution is 5.20. The topological polar surface area (TPSA) is 15.3 Å². The van der Waals surface area contributed by atoms with Gasteiger partial charge in [0.25, 0.3) is 0 Å². The molecular formula is C18H31FN2. The van der Waals surface area contributed by atoms with Gasteiger partial charge >= 0.3 is 0 Å². The number of rotatable bonds is 10. The molecule has 1 N–H and O–H groups in total. The normalized spacial score (nSPS) is 13.1. The molecule has 0 heterocycles. The molecule has 1 rings (SSSR count). The number of nitrogens with one attached hydrogen (secondary N) is 1. The molecule has 0 amide bonds. The van der Waals surface area contributed by atoms with E-state index >= 15 is 0 Å². The first kappa shape index (κ1) is 18.1. The summed E-state index contributed by atoms with van der Waals surface area (Å²) in [7, 11) is 2.08. The Morgan fingerprint density at radius 2 is 1.71 bits per heavy atom. The van der Waals surface area contributed by atoms with Crippen molar-refractivity contribution in [3.05, 3.63) is 35.6 Å². The minimum Gasteiger partial charge on any atom is -0.315 e. The van der Waals surface area contributed by atoms with Gasteiger partial charge in [-0.05, 0) is 46.0 Å². The second-order valence-electron chi connectivity index (χ2n) is 6.20. The van der Waals surface area contributed by atoms with Crippen LogP contribution in [0.1, 0.15) is 58.1 Å². The molecule has 0 aliphatic carbocycles. The van der Waals surface area contributed by atoms with Crippen molar-refractivity contribution in [3.8, 4) is 0 Å². The maximum atomic E-state index is 13.8. The Morgan fingerprint density at radius 1 is 1.05 bits per heavy atom. The fourth-order valence-electron chi connectivity index (χ4n) is 2.48. The number of nitrogens with zero attached hydrogens (tertiary/aromatic N) is 1. The third-order valence-electron chi connectivity index (χ3n) is 4.01. The summed E-state index contributed by atoms with van der Waals surface area (Å²) in [6, 6.07) is 7.79. The zero-order valence-electron chi connectivity index (χ0n) is 14.0. The molecule has 1 unspecified atom stereocenters. The van der Waals surface area contributed by atoms with Crippen LogP contribution in [0.25, 0.3) is 0 Å². The number of unbranched alkanes of at least 4 members (excludes halogenated alkanes) is 3. The van der Waals surface area contributed by atoms with Gasteiger partial charge in [0, 0.05) is 17.6 Å². The lowest BCUT2D eigenvalue weighted by molar-refractivity contribution is 0.250. The number of hydrogen-bond donors (Lipinski definition) is 1. The molecule has 2 nitrogen and oxygen atoms in total. The Labute approximate surface area is 129 Å². The van der Waals surface area contributed by atoms with Crippen LogP contribution in [0.5, 0.6) is 0 Å². The van der Waals surface area contributed by atoms with Gasteiger partial charge in [-0.1, -0.05) is 44.9 Å². The van der Waals surface area contributed by atoms with Crippen LogP contribution in [0.4, 0.5) is 4.39 Å². The Balaban J connectivity index is 2.19. The third kappa shape index (κ3) is 7.05. The predicted octanol–water partition coefficient (Wildman–Crippen LogP) is 4.38. The summed E-state index contributed by atoms with van der Waals surface area (Å²) >= 11 is 0. The zero-order chi connectivity index (χ0) is 15.7. The van der Waals surface area contributed by atoms with Crippen LogP contribution in [0.3, 0.4) is 0 Å². The standard InChI is InChI=1S/C18H31FN2/c1-15(2)20-13-9-5-6-10-14-21(4)16(3)17-11-7-8-12-18(17)19/h7-8,11-12,15-16,20H,5-6,9-10,13-14H2,1-4H3. The first-order chi connectivity index (χ1) is 10.0. The SMILES string of the molecule is CC(C)NCCCCCCN(C)C(C)c1ccccc1F. The lowest BCUT2D eigenvalue weighted by Gasteiger charge is -2.25. The molecule has 0 spiro atoms. The van der Waals surface area contributed by atoms with Gasteiger partial charge in [0.05, 0.1) is 0 Å². The first-order valence-electron chi connectivity index (χ1n) is 8.20. The predicted molar refractivity (Wildman–Crippen MR) is 89.1 cm³/mol. The van der Waals surface area contributed by atoms with Gasteiger partial charge in [-0.2, -0.15) is 0 Å². The second kappa shape index (κ2) is 9.91. The van der Waals surface area contributed by atoms with E-state index in [-0.39, 0.29) is 11.9 Å². The summed E-state index contributed by atoms with van der Waals surface area (Å²) in [6.45, 7) is 8.56. The van der Waals surface area contributed by atoms with Gasteiger partial charge in [-0.3, -0.25) is 4.90 Å². The average Bonchev–Trinajstić information content (AvgIpc) is 2.45. The molecule has 0 saturated heterocycles. The Kier molecular flexibility index (Phi) is 8.55. The highest BCUT2D eigenvalue weighted by Crippen LogP contribution is 2.21. The smallest absolute Gasteiger partial charge is 0.127 e. The van der Waals surface area contributed by atoms with E-state index in [4.69, 9.17) is 0 Å². The summed E-state index contributed by atoms with van der Waals surface area (Å²) in [4.78, 5) is 2.24. The van der Waals surface area contributed by atoms with E-state index in [1.807, 2.05) is 12.1 Å². The first-order valence-corrected chi connectivity index (χ1v) is 8.20. The van der Waals surface area contributed by atoms with Gasteiger partial charge in [-0.15, -0.1) is 0 Å². The van der Waals surface area contributed by atoms with E-state index < -0.39 is 0 Å². The summed E-state index contributed by atoms with van der Waals surface area (Å²) in [5, 5.41) is 3.44. The lowest BCUT2D eigenvalue weighted by Crippen LogP contribution is -2.24. The maximum Gasteiger partial charge on any atom is 0.127 e. The van der Waals surface area contributed by atoms with Crippen molar-refractivity contribution in [3.63, 3.8) is 0 Å². The van der Waals surface area contributed by atoms with Crippen molar-refractivity contribution >= 4 is 0 Å². The molecule has 120 valence electrons. The van der Waals surface area contributed by atoms with E-state index in [0.717, 1.165) is 18.7 Å². The molecule has 0 aromatic heterocycles. The second-order valence-corrected chi connectivity index (χ2v) is 6.20. The van der Waals surface area contributed by atoms with Gasteiger partial charge in [-0.25, -0.2) is 4.39 Å². The monoisotopic (exact) mass is 294 g/mol. The van der Waals surface area contributed by atoms with Crippen molar-refractivity contribution < 1.29 is 4.39 Å². The van der Waals surface area contributed by atoms with Crippen LogP contribution >= 0.6 is 0 Å². The van der Waals surface area contributed by atoms with Crippen LogP contribution in [-0.2, 0) is 0 Å². The van der Waals surface area contributed by atoms with Crippen molar-refractivity contribution in [1.82, 2.24) is 10.2 Å². The summed E-state index contributed by atoms with van der Waals surface area (Å²) in [5.74, 6) is -0.100. The average molecular weight is 294 g/mol. The van der Waals surface area contributed by atoms with Crippen LogP contribution in [0.2, 0.25) is 0 Å². The van der Waals surface area contributed by atoms with Gasteiger partial charge in [0.1, 0.15) is 5.82 Å². The molecule has 1 aromatic rings. The molecular weight excluding hydrogens is 263 g/mol. The molecule has 1 atom stereocenters.